The Balaban J connectivity index is 0. The fourth-order valence-electron chi connectivity index (χ4n) is 2.24. The van der Waals surface area contributed by atoms with Gasteiger partial charge in [0.25, 0.3) is 5.91 Å². The molecule has 3 N–H and O–H groups in total. The number of benzene rings is 2. The van der Waals surface area contributed by atoms with Crippen LogP contribution in [0.3, 0.4) is 0 Å². The summed E-state index contributed by atoms with van der Waals surface area (Å²) < 4.78 is 15.2. The van der Waals surface area contributed by atoms with E-state index in [-0.39, 0.29) is 35.3 Å². The third-order valence-corrected chi connectivity index (χ3v) is 3.44. The van der Waals surface area contributed by atoms with Crippen LogP contribution in [0.2, 0.25) is 0 Å². The van der Waals surface area contributed by atoms with Crippen molar-refractivity contribution < 1.29 is 40.8 Å². The first kappa shape index (κ1) is 33.7. The van der Waals surface area contributed by atoms with Gasteiger partial charge >= 0.3 is 47.3 Å². The van der Waals surface area contributed by atoms with Crippen LogP contribution in [0.4, 0.5) is 0 Å². The van der Waals surface area contributed by atoms with Gasteiger partial charge in [0.2, 0.25) is 0 Å². The van der Waals surface area contributed by atoms with Crippen molar-refractivity contribution >= 4 is 76.7 Å². The predicted octanol–water partition coefficient (Wildman–Crippen LogP) is 0.0551. The summed E-state index contributed by atoms with van der Waals surface area (Å²) >= 11 is 3.89. The van der Waals surface area contributed by atoms with Crippen LogP contribution >= 0.6 is 53.4 Å². The number of nitrogens with two attached hydrogens (primary N) is 1. The zero-order valence-electron chi connectivity index (χ0n) is 17.3. The van der Waals surface area contributed by atoms with Gasteiger partial charge in [-0.25, -0.2) is 4.79 Å². The van der Waals surface area contributed by atoms with Gasteiger partial charge in [0.15, 0.2) is 5.70 Å². The maximum absolute atomic E-state index is 11.3. The Morgan fingerprint density at radius 3 is 2.44 bits per heavy atom. The van der Waals surface area contributed by atoms with Crippen molar-refractivity contribution in [2.75, 3.05) is 33.4 Å². The molecule has 0 aromatic heterocycles. The SMILES string of the molecule is COC(=O)c1ccccc1OCCN.Cl.O=C1NCCOc2ccccc21.[B]I.[B][I-]I. The zero-order chi connectivity index (χ0) is 23.5. The number of hydrogen-bond donors (Lipinski definition) is 2. The first-order valence-electron chi connectivity index (χ1n) is 8.75. The van der Waals surface area contributed by atoms with Crippen molar-refractivity contribution in [2.24, 2.45) is 5.73 Å². The number of halogens is 4. The molecule has 2 aromatic rings. The summed E-state index contributed by atoms with van der Waals surface area (Å²) in [6.07, 6.45) is 0. The molecule has 0 saturated carbocycles. The molecule has 2 aromatic carbocycles. The van der Waals surface area contributed by atoms with E-state index in [2.05, 4.69) is 34.4 Å². The number of amides is 1. The Kier molecular flexibility index (Phi) is 23.5. The van der Waals surface area contributed by atoms with Crippen molar-refractivity contribution in [1.29, 1.82) is 0 Å². The summed E-state index contributed by atoms with van der Waals surface area (Å²) in [5, 5.41) is 2.74. The van der Waals surface area contributed by atoms with Crippen molar-refractivity contribution in [2.45, 2.75) is 0 Å². The average Bonchev–Trinajstić information content (AvgIpc) is 3.01. The Morgan fingerprint density at radius 1 is 1.22 bits per heavy atom. The van der Waals surface area contributed by atoms with Crippen molar-refractivity contribution in [3.05, 3.63) is 59.7 Å². The number of nitrogens with one attached hydrogen (secondary N) is 1. The molecule has 1 heterocycles. The molecule has 0 saturated heterocycles. The van der Waals surface area contributed by atoms with E-state index in [1.165, 1.54) is 7.11 Å². The number of carbonyl (C=O) groups is 2. The fourth-order valence-corrected chi connectivity index (χ4v) is 2.24. The molecule has 0 atom stereocenters. The Labute approximate surface area is 230 Å². The standard InChI is InChI=1S/C10H13NO3.C9H9NO2.BI2.BI.ClH/c1-13-10(12)8-4-2-3-5-9(8)14-7-6-11;11-9-7-3-1-2-4-8(7)12-6-5-10-9;1-3-2;1-2;/h2-5H,6-7,11H2,1H3;1-4H,5-6H2,(H,10,11);;;1H/q;;-1;;. The molecule has 0 spiro atoms. The number of fused-ring (bicyclic) bond motifs is 1. The summed E-state index contributed by atoms with van der Waals surface area (Å²) in [5.74, 6) is 0.720. The number of methoxy groups -OCH3 is 1. The summed E-state index contributed by atoms with van der Waals surface area (Å²) in [7, 11) is 1.34. The Hall–Kier alpha value is -0.450. The number of hydrogen-bond acceptors (Lipinski definition) is 6. The summed E-state index contributed by atoms with van der Waals surface area (Å²) in [4.78, 5) is 22.6. The topological polar surface area (TPSA) is 99.9 Å². The predicted molar refractivity (Wildman–Crippen MR) is 143 cm³/mol. The normalized spacial score (nSPS) is 10.8. The van der Waals surface area contributed by atoms with Gasteiger partial charge in [0.05, 0.1) is 19.2 Å². The molecule has 3 rings (SSSR count). The number of carbonyl (C=O) groups excluding carboxylic acids is 2. The summed E-state index contributed by atoms with van der Waals surface area (Å²) in [6, 6.07) is 14.2. The fraction of sp³-hybridized carbons (Fsp3) is 0.263. The van der Waals surface area contributed by atoms with Gasteiger partial charge in [-0.05, 0) is 24.3 Å². The van der Waals surface area contributed by atoms with E-state index < -0.39 is 5.97 Å². The minimum absolute atomic E-state index is 0. The second kappa shape index (κ2) is 22.3. The van der Waals surface area contributed by atoms with Crippen molar-refractivity contribution in [1.82, 2.24) is 5.32 Å². The monoisotopic (exact) mass is 797 g/mol. The van der Waals surface area contributed by atoms with Crippen LogP contribution in [0.25, 0.3) is 0 Å². The van der Waals surface area contributed by atoms with Gasteiger partial charge in [0, 0.05) is 6.54 Å². The number of rotatable bonds is 4. The average molecular weight is 797 g/mol. The van der Waals surface area contributed by atoms with Crippen LogP contribution in [0.15, 0.2) is 48.5 Å². The van der Waals surface area contributed by atoms with Crippen LogP contribution in [-0.2, 0) is 4.74 Å². The van der Waals surface area contributed by atoms with E-state index >= 15 is 0 Å². The van der Waals surface area contributed by atoms with Gasteiger partial charge in [-0.2, -0.15) is 22.4 Å². The molecule has 1 amide bonds. The maximum atomic E-state index is 11.3. The third-order valence-electron chi connectivity index (χ3n) is 3.44. The van der Waals surface area contributed by atoms with E-state index in [1.54, 1.807) is 58.8 Å². The van der Waals surface area contributed by atoms with Crippen LogP contribution in [0.5, 0.6) is 11.5 Å². The molecule has 7 nitrogen and oxygen atoms in total. The molecule has 0 unspecified atom stereocenters. The van der Waals surface area contributed by atoms with Gasteiger partial charge in [-0.1, -0.05) is 24.3 Å². The van der Waals surface area contributed by atoms with Crippen LogP contribution in [0, 0.1) is 0 Å². The Bertz CT molecular complexity index is 794. The first-order chi connectivity index (χ1) is 15.1. The second-order valence-electron chi connectivity index (χ2n) is 5.31. The second-order valence-corrected chi connectivity index (χ2v) is 8.94. The first-order valence-corrected chi connectivity index (χ1v) is 17.5. The van der Waals surface area contributed by atoms with Crippen LogP contribution < -0.4 is 37.5 Å². The van der Waals surface area contributed by atoms with Crippen molar-refractivity contribution in [3.8, 4) is 11.5 Å². The molecule has 1 aliphatic rings. The Morgan fingerprint density at radius 2 is 1.81 bits per heavy atom. The molecule has 32 heavy (non-hydrogen) atoms. The molecule has 13 heteroatoms. The van der Waals surface area contributed by atoms with Crippen molar-refractivity contribution in [3.63, 3.8) is 0 Å². The van der Waals surface area contributed by atoms with E-state index in [0.717, 1.165) is 0 Å². The van der Waals surface area contributed by atoms with Gasteiger partial charge in [-0.3, -0.25) is 4.79 Å². The molecule has 4 radical (unpaired) electrons. The van der Waals surface area contributed by atoms with Crippen LogP contribution in [0.1, 0.15) is 20.7 Å². The van der Waals surface area contributed by atoms with E-state index in [0.29, 0.717) is 48.9 Å². The van der Waals surface area contributed by atoms with E-state index in [9.17, 15) is 9.59 Å². The van der Waals surface area contributed by atoms with Gasteiger partial charge in [-0.15, -0.1) is 12.4 Å². The number of para-hydroxylation sites is 2. The van der Waals surface area contributed by atoms with E-state index in [4.69, 9.17) is 20.9 Å². The molecule has 0 bridgehead atoms. The molecule has 1 aliphatic heterocycles. The third kappa shape index (κ3) is 13.3. The van der Waals surface area contributed by atoms with Crippen LogP contribution in [-0.4, -0.2) is 56.7 Å². The minimum atomic E-state index is -0.405. The van der Waals surface area contributed by atoms with Gasteiger partial charge < -0.3 is 25.3 Å². The number of ether oxygens (including phenoxy) is 3. The van der Waals surface area contributed by atoms with Gasteiger partial charge in [0.1, 0.15) is 30.3 Å². The molecule has 0 aliphatic carbocycles. The van der Waals surface area contributed by atoms with E-state index in [1.807, 2.05) is 12.1 Å². The zero-order valence-corrected chi connectivity index (χ0v) is 24.6. The summed E-state index contributed by atoms with van der Waals surface area (Å²) in [5.41, 5.74) is 15.7. The quantitative estimate of drug-likeness (QED) is 0.258. The molecular weight excluding hydrogens is 774 g/mol. The number of esters is 1. The molecule has 0 fully saturated rings. The molecular formula is C19H23B2ClI3N2O5-. The molecule has 174 valence electrons. The summed E-state index contributed by atoms with van der Waals surface area (Å²) in [6.45, 7) is 1.92.